The second-order valence-corrected chi connectivity index (χ2v) is 3.87. The summed E-state index contributed by atoms with van der Waals surface area (Å²) in [4.78, 5) is 6.31. The summed E-state index contributed by atoms with van der Waals surface area (Å²) in [5.41, 5.74) is 7.00. The van der Waals surface area contributed by atoms with Crippen LogP contribution in [-0.4, -0.2) is 40.5 Å². The SMILES string of the molecule is CCN(CCCO)Cc1cccnc1C(=N)N. The van der Waals surface area contributed by atoms with Gasteiger partial charge in [0.15, 0.2) is 0 Å². The van der Waals surface area contributed by atoms with Crippen molar-refractivity contribution in [3.63, 3.8) is 0 Å². The molecule has 0 saturated heterocycles. The van der Waals surface area contributed by atoms with Crippen LogP contribution in [0.4, 0.5) is 0 Å². The zero-order valence-corrected chi connectivity index (χ0v) is 10.2. The van der Waals surface area contributed by atoms with E-state index in [1.807, 2.05) is 12.1 Å². The average Bonchev–Trinajstić information content (AvgIpc) is 2.34. The van der Waals surface area contributed by atoms with Gasteiger partial charge in [-0.25, -0.2) is 0 Å². The molecule has 0 atom stereocenters. The Balaban J connectivity index is 2.75. The number of aliphatic hydroxyl groups excluding tert-OH is 1. The van der Waals surface area contributed by atoms with Gasteiger partial charge in [0.2, 0.25) is 0 Å². The maximum Gasteiger partial charge on any atom is 0.142 e. The Morgan fingerprint density at radius 2 is 2.35 bits per heavy atom. The first-order chi connectivity index (χ1) is 8.19. The number of rotatable bonds is 7. The molecule has 0 saturated carbocycles. The van der Waals surface area contributed by atoms with Crippen molar-refractivity contribution in [2.75, 3.05) is 19.7 Å². The number of aliphatic hydroxyl groups is 1. The second kappa shape index (κ2) is 6.98. The molecule has 0 amide bonds. The predicted octanol–water partition coefficient (Wildman–Crippen LogP) is 0.570. The van der Waals surface area contributed by atoms with E-state index in [-0.39, 0.29) is 12.4 Å². The highest BCUT2D eigenvalue weighted by molar-refractivity contribution is 5.94. The van der Waals surface area contributed by atoms with Crippen LogP contribution in [0, 0.1) is 5.41 Å². The number of hydrogen-bond acceptors (Lipinski definition) is 4. The molecule has 0 radical (unpaired) electrons. The molecular weight excluding hydrogens is 216 g/mol. The Labute approximate surface area is 102 Å². The van der Waals surface area contributed by atoms with Crippen molar-refractivity contribution in [3.05, 3.63) is 29.6 Å². The van der Waals surface area contributed by atoms with Gasteiger partial charge in [-0.3, -0.25) is 15.3 Å². The van der Waals surface area contributed by atoms with Gasteiger partial charge in [-0.05, 0) is 24.6 Å². The van der Waals surface area contributed by atoms with E-state index in [2.05, 4.69) is 16.8 Å². The van der Waals surface area contributed by atoms with Gasteiger partial charge < -0.3 is 10.8 Å². The second-order valence-electron chi connectivity index (χ2n) is 3.87. The van der Waals surface area contributed by atoms with Crippen molar-refractivity contribution >= 4 is 5.84 Å². The van der Waals surface area contributed by atoms with Crippen LogP contribution < -0.4 is 5.73 Å². The Morgan fingerprint density at radius 1 is 1.59 bits per heavy atom. The van der Waals surface area contributed by atoms with Crippen LogP contribution in [0.15, 0.2) is 18.3 Å². The monoisotopic (exact) mass is 236 g/mol. The maximum absolute atomic E-state index is 8.83. The highest BCUT2D eigenvalue weighted by Crippen LogP contribution is 2.09. The fourth-order valence-corrected chi connectivity index (χ4v) is 1.69. The first-order valence-corrected chi connectivity index (χ1v) is 5.80. The normalized spacial score (nSPS) is 10.8. The van der Waals surface area contributed by atoms with Crippen LogP contribution in [0.5, 0.6) is 0 Å². The highest BCUT2D eigenvalue weighted by Gasteiger charge is 2.09. The van der Waals surface area contributed by atoms with Crippen molar-refractivity contribution in [2.24, 2.45) is 5.73 Å². The Kier molecular flexibility index (Phi) is 5.59. The van der Waals surface area contributed by atoms with E-state index in [0.717, 1.165) is 25.1 Å². The van der Waals surface area contributed by atoms with Crippen LogP contribution in [-0.2, 0) is 6.54 Å². The molecule has 1 aromatic rings. The van der Waals surface area contributed by atoms with E-state index in [4.69, 9.17) is 16.2 Å². The first-order valence-electron chi connectivity index (χ1n) is 5.80. The van der Waals surface area contributed by atoms with Crippen LogP contribution in [0.1, 0.15) is 24.6 Å². The molecule has 17 heavy (non-hydrogen) atoms. The molecule has 0 aliphatic rings. The number of nitrogens with one attached hydrogen (secondary N) is 1. The van der Waals surface area contributed by atoms with Gasteiger partial charge in [0.05, 0.1) is 0 Å². The summed E-state index contributed by atoms with van der Waals surface area (Å²) >= 11 is 0. The zero-order valence-electron chi connectivity index (χ0n) is 10.2. The van der Waals surface area contributed by atoms with E-state index < -0.39 is 0 Å². The lowest BCUT2D eigenvalue weighted by Crippen LogP contribution is -2.27. The van der Waals surface area contributed by atoms with E-state index >= 15 is 0 Å². The summed E-state index contributed by atoms with van der Waals surface area (Å²) in [6, 6.07) is 3.78. The summed E-state index contributed by atoms with van der Waals surface area (Å²) < 4.78 is 0. The van der Waals surface area contributed by atoms with Crippen molar-refractivity contribution in [3.8, 4) is 0 Å². The summed E-state index contributed by atoms with van der Waals surface area (Å²) in [5, 5.41) is 16.3. The van der Waals surface area contributed by atoms with Crippen molar-refractivity contribution in [2.45, 2.75) is 19.9 Å². The van der Waals surface area contributed by atoms with Gasteiger partial charge >= 0.3 is 0 Å². The number of amidine groups is 1. The summed E-state index contributed by atoms with van der Waals surface area (Å²) in [6.45, 7) is 4.70. The van der Waals surface area contributed by atoms with Crippen molar-refractivity contribution < 1.29 is 5.11 Å². The lowest BCUT2D eigenvalue weighted by Gasteiger charge is -2.20. The molecule has 1 heterocycles. The van der Waals surface area contributed by atoms with E-state index in [1.54, 1.807) is 6.20 Å². The van der Waals surface area contributed by atoms with Gasteiger partial charge in [0.25, 0.3) is 0 Å². The molecule has 0 fully saturated rings. The molecule has 4 N–H and O–H groups in total. The molecule has 0 spiro atoms. The van der Waals surface area contributed by atoms with E-state index in [0.29, 0.717) is 12.2 Å². The summed E-state index contributed by atoms with van der Waals surface area (Å²) in [6.07, 6.45) is 2.40. The number of pyridine rings is 1. The number of hydrogen-bond donors (Lipinski definition) is 3. The predicted molar refractivity (Wildman–Crippen MR) is 67.9 cm³/mol. The third-order valence-corrected chi connectivity index (χ3v) is 2.62. The molecule has 94 valence electrons. The number of nitrogen functional groups attached to an aromatic ring is 1. The van der Waals surface area contributed by atoms with Gasteiger partial charge in [0.1, 0.15) is 11.5 Å². The quantitative estimate of drug-likeness (QED) is 0.477. The lowest BCUT2D eigenvalue weighted by molar-refractivity contribution is 0.225. The van der Waals surface area contributed by atoms with Crippen LogP contribution >= 0.6 is 0 Å². The van der Waals surface area contributed by atoms with Gasteiger partial charge in [-0.15, -0.1) is 0 Å². The van der Waals surface area contributed by atoms with Gasteiger partial charge in [-0.1, -0.05) is 13.0 Å². The molecule has 0 unspecified atom stereocenters. The minimum Gasteiger partial charge on any atom is -0.396 e. The fraction of sp³-hybridized carbons (Fsp3) is 0.500. The molecule has 0 bridgehead atoms. The smallest absolute Gasteiger partial charge is 0.142 e. The summed E-state index contributed by atoms with van der Waals surface area (Å²) in [5.74, 6) is -0.00110. The minimum atomic E-state index is -0.00110. The number of aromatic nitrogens is 1. The van der Waals surface area contributed by atoms with E-state index in [9.17, 15) is 0 Å². The molecule has 0 aliphatic carbocycles. The van der Waals surface area contributed by atoms with Crippen LogP contribution in [0.3, 0.4) is 0 Å². The average molecular weight is 236 g/mol. The molecule has 1 rings (SSSR count). The van der Waals surface area contributed by atoms with Crippen LogP contribution in [0.2, 0.25) is 0 Å². The summed E-state index contributed by atoms with van der Waals surface area (Å²) in [7, 11) is 0. The molecule has 0 aliphatic heterocycles. The van der Waals surface area contributed by atoms with Crippen LogP contribution in [0.25, 0.3) is 0 Å². The fourth-order valence-electron chi connectivity index (χ4n) is 1.69. The number of nitrogens with two attached hydrogens (primary N) is 1. The van der Waals surface area contributed by atoms with Crippen molar-refractivity contribution in [1.29, 1.82) is 5.41 Å². The molecular formula is C12H20N4O. The molecule has 5 nitrogen and oxygen atoms in total. The molecule has 0 aromatic carbocycles. The highest BCUT2D eigenvalue weighted by atomic mass is 16.3. The van der Waals surface area contributed by atoms with Gasteiger partial charge in [-0.2, -0.15) is 0 Å². The number of nitrogens with zero attached hydrogens (tertiary/aromatic N) is 2. The lowest BCUT2D eigenvalue weighted by atomic mass is 10.1. The Bertz CT molecular complexity index is 367. The Hall–Kier alpha value is -1.46. The standard InChI is InChI=1S/C12H20N4O/c1-2-16(7-4-8-17)9-10-5-3-6-15-11(10)12(13)14/h3,5-6,17H,2,4,7-9H2,1H3,(H3,13,14). The largest absolute Gasteiger partial charge is 0.396 e. The minimum absolute atomic E-state index is 0.00110. The first kappa shape index (κ1) is 13.6. The molecule has 5 heteroatoms. The van der Waals surface area contributed by atoms with E-state index in [1.165, 1.54) is 0 Å². The zero-order chi connectivity index (χ0) is 12.7. The third-order valence-electron chi connectivity index (χ3n) is 2.62. The molecule has 1 aromatic heterocycles. The topological polar surface area (TPSA) is 86.2 Å². The maximum atomic E-state index is 8.83. The van der Waals surface area contributed by atoms with Crippen molar-refractivity contribution in [1.82, 2.24) is 9.88 Å². The third kappa shape index (κ3) is 4.13. The Morgan fingerprint density at radius 3 is 2.94 bits per heavy atom. The van der Waals surface area contributed by atoms with Gasteiger partial charge in [0, 0.05) is 25.9 Å².